The van der Waals surface area contributed by atoms with Crippen molar-refractivity contribution in [1.29, 1.82) is 0 Å². The summed E-state index contributed by atoms with van der Waals surface area (Å²) in [6, 6.07) is 0. The Labute approximate surface area is 311 Å². The Hall–Kier alpha value is -0.700. The molecule has 0 bridgehead atoms. The molecule has 0 aromatic rings. The van der Waals surface area contributed by atoms with E-state index in [-0.39, 0.29) is 54.7 Å². The summed E-state index contributed by atoms with van der Waals surface area (Å²) in [5.41, 5.74) is 0.416. The van der Waals surface area contributed by atoms with Crippen molar-refractivity contribution in [1.82, 2.24) is 0 Å². The molecule has 11 heteroatoms. The van der Waals surface area contributed by atoms with Crippen molar-refractivity contribution in [3.8, 4) is 0 Å². The van der Waals surface area contributed by atoms with Crippen LogP contribution in [-0.2, 0) is 14.2 Å². The molecule has 52 heavy (non-hydrogen) atoms. The van der Waals surface area contributed by atoms with E-state index in [1.807, 2.05) is 6.08 Å². The van der Waals surface area contributed by atoms with Crippen molar-refractivity contribution >= 4 is 0 Å². The lowest BCUT2D eigenvalue weighted by molar-refractivity contribution is -0.280. The molecule has 0 radical (unpaired) electrons. The first kappa shape index (κ1) is 42.4. The highest BCUT2D eigenvalue weighted by atomic mass is 16.7. The Morgan fingerprint density at radius 1 is 0.788 bits per heavy atom. The molecule has 0 amide bonds. The van der Waals surface area contributed by atoms with E-state index in [0.717, 1.165) is 24.8 Å². The monoisotopic (exact) mass is 741 g/mol. The predicted octanol–water partition coefficient (Wildman–Crippen LogP) is 3.80. The van der Waals surface area contributed by atoms with E-state index in [1.165, 1.54) is 32.1 Å². The van der Waals surface area contributed by atoms with E-state index in [1.54, 1.807) is 13.8 Å². The van der Waals surface area contributed by atoms with Crippen LogP contribution in [0.1, 0.15) is 125 Å². The standard InChI is InChI=1S/C35H60O7.C6H12O4/c1-32(2)27-13-15-34(5)26-10-8-24(21(19-36)7-12-29(39)33(3,4)40)25(26)9-11-28(34)35(27,6)16-14-30(32)42-31-18-22(38)17-23(20-37)41-31;7-3-5-1-4(8)2-6(9)10-5/h7,22-31,36-40H,8-20H2,1-6H3;4-9H,1-3H2/b21-7+;/t22-,23-,24?,25+,26?,27?,28?,29?,30-,31-,34-,35-;4-,5-,6?/m00/s1. The van der Waals surface area contributed by atoms with Crippen LogP contribution in [0.2, 0.25) is 0 Å². The average Bonchev–Trinajstić information content (AvgIpc) is 3.50. The van der Waals surface area contributed by atoms with Gasteiger partial charge in [0.15, 0.2) is 12.6 Å². The summed E-state index contributed by atoms with van der Waals surface area (Å²) in [6.07, 6.45) is 9.31. The molecule has 2 aliphatic heterocycles. The van der Waals surface area contributed by atoms with Gasteiger partial charge >= 0.3 is 0 Å². The largest absolute Gasteiger partial charge is 0.394 e. The quantitative estimate of drug-likeness (QED) is 0.127. The molecule has 15 atom stereocenters. The maximum atomic E-state index is 10.4. The van der Waals surface area contributed by atoms with E-state index >= 15 is 0 Å². The van der Waals surface area contributed by atoms with Gasteiger partial charge < -0.3 is 55.1 Å². The van der Waals surface area contributed by atoms with Crippen LogP contribution in [0.15, 0.2) is 11.6 Å². The van der Waals surface area contributed by atoms with E-state index < -0.39 is 42.6 Å². The Bertz CT molecular complexity index is 1180. The van der Waals surface area contributed by atoms with Gasteiger partial charge in [-0.05, 0) is 123 Å². The van der Waals surface area contributed by atoms with Crippen molar-refractivity contribution in [2.24, 2.45) is 45.8 Å². The van der Waals surface area contributed by atoms with Gasteiger partial charge in [-0.25, -0.2) is 0 Å². The number of aliphatic hydroxyl groups is 8. The van der Waals surface area contributed by atoms with Gasteiger partial charge in [0.05, 0.1) is 62.0 Å². The van der Waals surface area contributed by atoms with Crippen LogP contribution in [0.3, 0.4) is 0 Å². The molecule has 8 N–H and O–H groups in total. The van der Waals surface area contributed by atoms with E-state index in [9.17, 15) is 25.5 Å². The highest BCUT2D eigenvalue weighted by molar-refractivity contribution is 5.19. The van der Waals surface area contributed by atoms with Crippen LogP contribution >= 0.6 is 0 Å². The van der Waals surface area contributed by atoms with Crippen LogP contribution in [0, 0.1) is 45.8 Å². The van der Waals surface area contributed by atoms with E-state index in [2.05, 4.69) is 27.7 Å². The zero-order chi connectivity index (χ0) is 38.2. The molecular weight excluding hydrogens is 668 g/mol. The fraction of sp³-hybridized carbons (Fsp3) is 0.951. The Kier molecular flexibility index (Phi) is 13.7. The zero-order valence-corrected chi connectivity index (χ0v) is 32.7. The van der Waals surface area contributed by atoms with Crippen LogP contribution in [0.4, 0.5) is 0 Å². The predicted molar refractivity (Wildman–Crippen MR) is 196 cm³/mol. The molecule has 0 spiro atoms. The van der Waals surface area contributed by atoms with Gasteiger partial charge in [-0.3, -0.25) is 0 Å². The molecule has 0 aromatic heterocycles. The minimum absolute atomic E-state index is 0.0159. The second-order valence-corrected chi connectivity index (χ2v) is 19.0. The van der Waals surface area contributed by atoms with Gasteiger partial charge in [0.2, 0.25) is 0 Å². The number of fused-ring (bicyclic) bond motifs is 5. The summed E-state index contributed by atoms with van der Waals surface area (Å²) in [6.45, 7) is 13.0. The molecular formula is C41H72O11. The van der Waals surface area contributed by atoms with E-state index in [4.69, 9.17) is 29.5 Å². The molecule has 4 saturated carbocycles. The maximum Gasteiger partial charge on any atom is 0.160 e. The lowest BCUT2D eigenvalue weighted by Gasteiger charge is -2.67. The molecule has 2 heterocycles. The third-order valence-corrected chi connectivity index (χ3v) is 15.0. The van der Waals surface area contributed by atoms with Crippen LogP contribution in [0.5, 0.6) is 0 Å². The fourth-order valence-corrected chi connectivity index (χ4v) is 12.3. The first-order valence-corrected chi connectivity index (χ1v) is 20.3. The van der Waals surface area contributed by atoms with Gasteiger partial charge in [-0.15, -0.1) is 0 Å². The first-order chi connectivity index (χ1) is 24.4. The smallest absolute Gasteiger partial charge is 0.160 e. The average molecular weight is 741 g/mol. The summed E-state index contributed by atoms with van der Waals surface area (Å²) >= 11 is 0. The highest BCUT2D eigenvalue weighted by Crippen LogP contribution is 2.72. The van der Waals surface area contributed by atoms with Gasteiger partial charge in [0.25, 0.3) is 0 Å². The summed E-state index contributed by atoms with van der Waals surface area (Å²) < 4.78 is 17.5. The summed E-state index contributed by atoms with van der Waals surface area (Å²) in [7, 11) is 0. The van der Waals surface area contributed by atoms with Crippen LogP contribution in [0.25, 0.3) is 0 Å². The molecule has 6 unspecified atom stereocenters. The normalized spacial score (nSPS) is 45.5. The van der Waals surface area contributed by atoms with Crippen LogP contribution < -0.4 is 0 Å². The van der Waals surface area contributed by atoms with Gasteiger partial charge in [-0.2, -0.15) is 0 Å². The van der Waals surface area contributed by atoms with Crippen molar-refractivity contribution in [2.45, 2.75) is 180 Å². The summed E-state index contributed by atoms with van der Waals surface area (Å²) in [5, 5.41) is 77.5. The Morgan fingerprint density at radius 3 is 2.04 bits per heavy atom. The molecule has 4 aliphatic carbocycles. The number of aliphatic hydroxyl groups excluding tert-OH is 7. The van der Waals surface area contributed by atoms with E-state index in [0.29, 0.717) is 55.3 Å². The fourth-order valence-electron chi connectivity index (χ4n) is 12.3. The highest BCUT2D eigenvalue weighted by Gasteiger charge is 2.65. The van der Waals surface area contributed by atoms with Crippen molar-refractivity contribution in [2.75, 3.05) is 19.8 Å². The van der Waals surface area contributed by atoms with Crippen LogP contribution in [-0.4, -0.2) is 115 Å². The molecule has 0 aromatic carbocycles. The number of hydrogen-bond acceptors (Lipinski definition) is 11. The topological polar surface area (TPSA) is 190 Å². The lowest BCUT2D eigenvalue weighted by Crippen LogP contribution is -2.62. The van der Waals surface area contributed by atoms with Crippen molar-refractivity contribution in [3.05, 3.63) is 11.6 Å². The minimum Gasteiger partial charge on any atom is -0.394 e. The van der Waals surface area contributed by atoms with Gasteiger partial charge in [0, 0.05) is 25.7 Å². The molecule has 11 nitrogen and oxygen atoms in total. The SMILES string of the molecule is CC(C)(O)C(O)C/C=C(\CO)C1CCC2[C@@H]1CCC1[C@@]2(C)CCC2C(C)(C)[C@@H](O[C@H]3C[C@@H](O)C[C@@H](CO)O3)CC[C@@]21C.OC[C@@H]1C[C@H](O)CC(O)O1. The number of hydrogen-bond donors (Lipinski definition) is 8. The first-order valence-electron chi connectivity index (χ1n) is 20.3. The zero-order valence-electron chi connectivity index (χ0n) is 32.7. The summed E-state index contributed by atoms with van der Waals surface area (Å²) in [4.78, 5) is 0. The third-order valence-electron chi connectivity index (χ3n) is 15.0. The molecule has 2 saturated heterocycles. The second kappa shape index (κ2) is 16.8. The second-order valence-electron chi connectivity index (χ2n) is 19.0. The van der Waals surface area contributed by atoms with Crippen molar-refractivity contribution in [3.63, 3.8) is 0 Å². The van der Waals surface area contributed by atoms with Gasteiger partial charge in [-0.1, -0.05) is 33.8 Å². The third kappa shape index (κ3) is 8.80. The number of ether oxygens (including phenoxy) is 3. The van der Waals surface area contributed by atoms with Gasteiger partial charge in [0.1, 0.15) is 0 Å². The molecule has 6 fully saturated rings. The molecule has 6 rings (SSSR count). The minimum atomic E-state index is -1.15. The lowest BCUT2D eigenvalue weighted by atomic mass is 9.38. The molecule has 6 aliphatic rings. The Morgan fingerprint density at radius 2 is 1.42 bits per heavy atom. The maximum absolute atomic E-state index is 10.4. The van der Waals surface area contributed by atoms with Crippen molar-refractivity contribution < 1.29 is 55.1 Å². The Balaban J connectivity index is 0.000000452. The number of rotatable bonds is 9. The molecule has 302 valence electrons. The summed E-state index contributed by atoms with van der Waals surface area (Å²) in [5.74, 6) is 2.80.